The van der Waals surface area contributed by atoms with Crippen LogP contribution in [0.4, 0.5) is 0 Å². The lowest BCUT2D eigenvalue weighted by Crippen LogP contribution is -2.24. The number of imidazole rings is 1. The smallest absolute Gasteiger partial charge is 0.262 e. The van der Waals surface area contributed by atoms with Gasteiger partial charge in [-0.15, -0.1) is 0 Å². The van der Waals surface area contributed by atoms with Crippen molar-refractivity contribution >= 4 is 34.2 Å². The molecule has 0 saturated carbocycles. The van der Waals surface area contributed by atoms with E-state index < -0.39 is 0 Å². The number of aryl methyl sites for hydroxylation is 2. The third-order valence-electron chi connectivity index (χ3n) is 4.28. The second-order valence-electron chi connectivity index (χ2n) is 5.73. The number of fused-ring (bicyclic) bond motifs is 2. The van der Waals surface area contributed by atoms with Crippen LogP contribution in [0.1, 0.15) is 5.82 Å². The van der Waals surface area contributed by atoms with Crippen molar-refractivity contribution in [3.8, 4) is 0 Å². The maximum Gasteiger partial charge on any atom is 0.262 e. The maximum absolute atomic E-state index is 12.7. The molecule has 0 unspecified atom stereocenters. The molecule has 0 fully saturated rings. The third-order valence-corrected chi connectivity index (χ3v) is 4.60. The number of aromatic amines is 1. The van der Waals surface area contributed by atoms with Crippen LogP contribution in [0.3, 0.4) is 0 Å². The van der Waals surface area contributed by atoms with E-state index in [2.05, 4.69) is 14.5 Å². The Morgan fingerprint density at radius 1 is 1.04 bits per heavy atom. The van der Waals surface area contributed by atoms with Gasteiger partial charge in [-0.25, -0.2) is 4.98 Å². The fourth-order valence-electron chi connectivity index (χ4n) is 3.08. The molecule has 24 heavy (non-hydrogen) atoms. The lowest BCUT2D eigenvalue weighted by atomic mass is 10.2. The predicted octanol–water partition coefficient (Wildman–Crippen LogP) is 3.42. The number of aromatic nitrogens is 4. The molecule has 6 heteroatoms. The zero-order chi connectivity index (χ0) is 16.7. The zero-order valence-electron chi connectivity index (χ0n) is 13.2. The van der Waals surface area contributed by atoms with Crippen molar-refractivity contribution in [2.24, 2.45) is 0 Å². The highest BCUT2D eigenvalue weighted by Crippen LogP contribution is 2.15. The van der Waals surface area contributed by atoms with Crippen LogP contribution in [0.2, 0.25) is 0 Å². The van der Waals surface area contributed by atoms with E-state index >= 15 is 0 Å². The van der Waals surface area contributed by atoms with Gasteiger partial charge in [0.05, 0.1) is 21.9 Å². The number of hydrogen-bond donors (Lipinski definition) is 1. The minimum Gasteiger partial charge on any atom is -0.332 e. The van der Waals surface area contributed by atoms with Gasteiger partial charge in [0.25, 0.3) is 5.56 Å². The van der Waals surface area contributed by atoms with Crippen LogP contribution in [0.25, 0.3) is 21.9 Å². The average molecular weight is 336 g/mol. The molecule has 0 bridgehead atoms. The Hall–Kier alpha value is -2.73. The zero-order valence-corrected chi connectivity index (χ0v) is 14.0. The van der Waals surface area contributed by atoms with Crippen molar-refractivity contribution in [2.75, 3.05) is 0 Å². The Morgan fingerprint density at radius 3 is 2.62 bits per heavy atom. The molecule has 5 nitrogen and oxygen atoms in total. The molecule has 0 saturated heterocycles. The van der Waals surface area contributed by atoms with E-state index in [-0.39, 0.29) is 5.56 Å². The Labute approximate surface area is 143 Å². The van der Waals surface area contributed by atoms with Gasteiger partial charge in [-0.3, -0.25) is 9.36 Å². The van der Waals surface area contributed by atoms with Crippen LogP contribution in [0, 0.1) is 11.7 Å². The van der Waals surface area contributed by atoms with Crippen molar-refractivity contribution < 1.29 is 0 Å². The maximum atomic E-state index is 12.7. The number of rotatable bonds is 3. The molecular weight excluding hydrogens is 320 g/mol. The number of H-pyrrole nitrogens is 1. The van der Waals surface area contributed by atoms with E-state index in [0.29, 0.717) is 23.2 Å². The molecular formula is C18H16N4OS. The van der Waals surface area contributed by atoms with Gasteiger partial charge >= 0.3 is 0 Å². The van der Waals surface area contributed by atoms with Crippen LogP contribution in [0.5, 0.6) is 0 Å². The molecule has 4 aromatic rings. The monoisotopic (exact) mass is 336 g/mol. The summed E-state index contributed by atoms with van der Waals surface area (Å²) in [5.74, 6) is 0.930. The summed E-state index contributed by atoms with van der Waals surface area (Å²) in [6.07, 6.45) is 0. The van der Waals surface area contributed by atoms with Gasteiger partial charge in [0.2, 0.25) is 0 Å². The van der Waals surface area contributed by atoms with Crippen molar-refractivity contribution in [1.82, 2.24) is 19.1 Å². The highest BCUT2D eigenvalue weighted by molar-refractivity contribution is 7.71. The Morgan fingerprint density at radius 2 is 1.75 bits per heavy atom. The predicted molar refractivity (Wildman–Crippen MR) is 97.9 cm³/mol. The molecule has 2 aromatic carbocycles. The summed E-state index contributed by atoms with van der Waals surface area (Å²) in [6.45, 7) is 3.12. The van der Waals surface area contributed by atoms with Gasteiger partial charge in [0.1, 0.15) is 5.82 Å². The minimum atomic E-state index is -0.0589. The number of nitrogens with one attached hydrogen (secondary N) is 1. The molecule has 0 aliphatic heterocycles. The minimum absolute atomic E-state index is 0.0589. The molecule has 4 rings (SSSR count). The first-order valence-corrected chi connectivity index (χ1v) is 8.20. The Balaban J connectivity index is 1.76. The molecule has 0 aliphatic carbocycles. The van der Waals surface area contributed by atoms with Crippen LogP contribution in [0.15, 0.2) is 53.3 Å². The van der Waals surface area contributed by atoms with Crippen LogP contribution >= 0.6 is 12.2 Å². The summed E-state index contributed by atoms with van der Waals surface area (Å²) < 4.78 is 4.18. The van der Waals surface area contributed by atoms with Crippen molar-refractivity contribution in [2.45, 2.75) is 20.0 Å². The Kier molecular flexibility index (Phi) is 3.54. The SMILES string of the molecule is Cc1nc2ccccc2n1CCn1c(=S)[nH]c2ccccc2c1=O. The first-order chi connectivity index (χ1) is 11.6. The van der Waals surface area contributed by atoms with E-state index in [1.807, 2.05) is 55.5 Å². The summed E-state index contributed by atoms with van der Waals surface area (Å²) in [7, 11) is 0. The first-order valence-electron chi connectivity index (χ1n) is 7.79. The van der Waals surface area contributed by atoms with E-state index in [1.54, 1.807) is 4.57 Å². The lowest BCUT2D eigenvalue weighted by molar-refractivity contribution is 0.557. The third kappa shape index (κ3) is 2.35. The molecule has 1 N–H and O–H groups in total. The molecule has 0 spiro atoms. The largest absolute Gasteiger partial charge is 0.332 e. The summed E-state index contributed by atoms with van der Waals surface area (Å²) >= 11 is 5.37. The van der Waals surface area contributed by atoms with Crippen LogP contribution in [-0.4, -0.2) is 19.1 Å². The quantitative estimate of drug-likeness (QED) is 0.583. The summed E-state index contributed by atoms with van der Waals surface area (Å²) in [5.41, 5.74) is 2.74. The van der Waals surface area contributed by atoms with Crippen LogP contribution in [-0.2, 0) is 13.1 Å². The topological polar surface area (TPSA) is 55.6 Å². The number of benzene rings is 2. The molecule has 2 aromatic heterocycles. The molecule has 0 aliphatic rings. The molecule has 0 radical (unpaired) electrons. The van der Waals surface area contributed by atoms with Gasteiger partial charge < -0.3 is 9.55 Å². The molecule has 0 amide bonds. The highest BCUT2D eigenvalue weighted by Gasteiger charge is 2.09. The second-order valence-corrected chi connectivity index (χ2v) is 6.12. The molecule has 120 valence electrons. The summed E-state index contributed by atoms with van der Waals surface area (Å²) in [4.78, 5) is 20.4. The summed E-state index contributed by atoms with van der Waals surface area (Å²) in [6, 6.07) is 15.4. The van der Waals surface area contributed by atoms with E-state index in [4.69, 9.17) is 12.2 Å². The van der Waals surface area contributed by atoms with Gasteiger partial charge in [-0.05, 0) is 43.4 Å². The van der Waals surface area contributed by atoms with E-state index in [9.17, 15) is 4.79 Å². The number of para-hydroxylation sites is 3. The highest BCUT2D eigenvalue weighted by atomic mass is 32.1. The summed E-state index contributed by atoms with van der Waals surface area (Å²) in [5, 5.41) is 0.651. The van der Waals surface area contributed by atoms with Crippen LogP contribution < -0.4 is 5.56 Å². The Bertz CT molecular complexity index is 1170. The van der Waals surface area contributed by atoms with Gasteiger partial charge in [-0.1, -0.05) is 24.3 Å². The van der Waals surface area contributed by atoms with Gasteiger partial charge in [0.15, 0.2) is 4.77 Å². The lowest BCUT2D eigenvalue weighted by Gasteiger charge is -2.10. The second kappa shape index (κ2) is 5.72. The van der Waals surface area contributed by atoms with Crippen molar-refractivity contribution in [3.05, 3.63) is 69.5 Å². The van der Waals surface area contributed by atoms with Gasteiger partial charge in [-0.2, -0.15) is 0 Å². The molecule has 2 heterocycles. The normalized spacial score (nSPS) is 11.4. The average Bonchev–Trinajstić information content (AvgIpc) is 2.90. The number of hydrogen-bond acceptors (Lipinski definition) is 3. The van der Waals surface area contributed by atoms with Gasteiger partial charge in [0, 0.05) is 13.1 Å². The number of nitrogens with zero attached hydrogens (tertiary/aromatic N) is 3. The standard InChI is InChI=1S/C18H16N4OS/c1-12-19-15-8-4-5-9-16(15)21(12)10-11-22-17(23)13-6-2-3-7-14(13)20-18(22)24/h2-9H,10-11H2,1H3,(H,20,24). The fraction of sp³-hybridized carbons (Fsp3) is 0.167. The fourth-order valence-corrected chi connectivity index (χ4v) is 3.36. The van der Waals surface area contributed by atoms with E-state index in [0.717, 1.165) is 22.4 Å². The first kappa shape index (κ1) is 14.8. The van der Waals surface area contributed by atoms with Crippen molar-refractivity contribution in [1.29, 1.82) is 0 Å². The molecule has 0 atom stereocenters. The van der Waals surface area contributed by atoms with Crippen molar-refractivity contribution in [3.63, 3.8) is 0 Å². The van der Waals surface area contributed by atoms with E-state index in [1.165, 1.54) is 0 Å².